The number of ether oxygens (including phenoxy) is 6. The lowest BCUT2D eigenvalue weighted by Crippen LogP contribution is -2.30. The summed E-state index contributed by atoms with van der Waals surface area (Å²) in [5.41, 5.74) is 3.76. The van der Waals surface area contributed by atoms with E-state index in [1.165, 1.54) is 42.7 Å². The van der Waals surface area contributed by atoms with Crippen molar-refractivity contribution in [2.45, 2.75) is 61.9 Å². The third kappa shape index (κ3) is 12.0. The number of sulfone groups is 2. The maximum Gasteiger partial charge on any atom is 0.213 e. The van der Waals surface area contributed by atoms with Gasteiger partial charge >= 0.3 is 0 Å². The van der Waals surface area contributed by atoms with Crippen molar-refractivity contribution in [3.63, 3.8) is 0 Å². The molecule has 0 aliphatic rings. The molecule has 0 aliphatic carbocycles. The Morgan fingerprint density at radius 3 is 1.18 bits per heavy atom. The highest BCUT2D eigenvalue weighted by Gasteiger charge is 2.37. The van der Waals surface area contributed by atoms with E-state index in [-0.39, 0.29) is 23.3 Å². The molecule has 0 spiro atoms. The number of pyridine rings is 2. The Balaban J connectivity index is 0.000000216. The first kappa shape index (κ1) is 54.0. The Morgan fingerprint density at radius 2 is 0.838 bits per heavy atom. The van der Waals surface area contributed by atoms with E-state index in [2.05, 4.69) is 50.3 Å². The van der Waals surface area contributed by atoms with Crippen molar-refractivity contribution in [1.82, 2.24) is 59.4 Å². The van der Waals surface area contributed by atoms with Gasteiger partial charge < -0.3 is 28.4 Å². The molecule has 22 nitrogen and oxygen atoms in total. The zero-order valence-corrected chi connectivity index (χ0v) is 44.0. The Labute approximate surface area is 429 Å². The van der Waals surface area contributed by atoms with Crippen LogP contribution in [0.3, 0.4) is 0 Å². The van der Waals surface area contributed by atoms with Gasteiger partial charge in [0, 0.05) is 51.1 Å². The molecule has 0 saturated carbocycles. The fourth-order valence-corrected chi connectivity index (χ4v) is 10.5. The van der Waals surface area contributed by atoms with Crippen LogP contribution in [0.2, 0.25) is 0 Å². The summed E-state index contributed by atoms with van der Waals surface area (Å²) in [6.45, 7) is 6.85. The molecular formula is C50H56N12O10S2. The minimum absolute atomic E-state index is 0.190. The van der Waals surface area contributed by atoms with Gasteiger partial charge in [0.1, 0.15) is 46.6 Å². The van der Waals surface area contributed by atoms with Crippen LogP contribution in [-0.4, -0.2) is 129 Å². The van der Waals surface area contributed by atoms with Crippen LogP contribution in [-0.2, 0) is 40.7 Å². The van der Waals surface area contributed by atoms with Crippen molar-refractivity contribution < 1.29 is 45.3 Å². The molecule has 388 valence electrons. The van der Waals surface area contributed by atoms with Gasteiger partial charge in [-0.05, 0) is 75.2 Å². The fourth-order valence-electron chi connectivity index (χ4n) is 7.71. The van der Waals surface area contributed by atoms with E-state index >= 15 is 0 Å². The number of benzene rings is 2. The second kappa shape index (κ2) is 23.8. The summed E-state index contributed by atoms with van der Waals surface area (Å²) in [5.74, 6) is 2.59. The monoisotopic (exact) mass is 1050 g/mol. The summed E-state index contributed by atoms with van der Waals surface area (Å²) in [7, 11) is 1.31. The van der Waals surface area contributed by atoms with Crippen LogP contribution >= 0.6 is 0 Å². The molecular weight excluding hydrogens is 993 g/mol. The molecule has 6 heterocycles. The van der Waals surface area contributed by atoms with Gasteiger partial charge in [-0.25, -0.2) is 46.7 Å². The largest absolute Gasteiger partial charge is 0.495 e. The molecule has 0 bridgehead atoms. The average Bonchev–Trinajstić information content (AvgIpc) is 4.03. The van der Waals surface area contributed by atoms with E-state index in [4.69, 9.17) is 28.4 Å². The van der Waals surface area contributed by atoms with Gasteiger partial charge in [0.25, 0.3) is 0 Å². The van der Waals surface area contributed by atoms with Crippen LogP contribution in [0.15, 0.2) is 110 Å². The molecule has 4 atom stereocenters. The molecule has 8 rings (SSSR count). The summed E-state index contributed by atoms with van der Waals surface area (Å²) >= 11 is 0. The summed E-state index contributed by atoms with van der Waals surface area (Å²) < 4.78 is 90.5. The number of aryl methyl sites for hydroxylation is 2. The molecule has 2 aromatic carbocycles. The van der Waals surface area contributed by atoms with Gasteiger partial charge in [0.05, 0.1) is 50.3 Å². The zero-order valence-electron chi connectivity index (χ0n) is 42.4. The van der Waals surface area contributed by atoms with Crippen LogP contribution < -0.4 is 18.9 Å². The predicted molar refractivity (Wildman–Crippen MR) is 273 cm³/mol. The smallest absolute Gasteiger partial charge is 0.213 e. The first-order chi connectivity index (χ1) is 35.6. The molecule has 0 saturated heterocycles. The minimum Gasteiger partial charge on any atom is -0.495 e. The molecule has 0 radical (unpaired) electrons. The van der Waals surface area contributed by atoms with Crippen molar-refractivity contribution in [3.05, 3.63) is 144 Å². The van der Waals surface area contributed by atoms with Crippen molar-refractivity contribution in [2.75, 3.05) is 42.7 Å². The number of nitrogens with zero attached hydrogens (tertiary/aromatic N) is 12. The molecule has 0 aliphatic heterocycles. The number of hydrogen-bond donors (Lipinski definition) is 0. The van der Waals surface area contributed by atoms with Gasteiger partial charge in [-0.15, -0.1) is 20.4 Å². The molecule has 0 unspecified atom stereocenters. The predicted octanol–water partition coefficient (Wildman–Crippen LogP) is 6.27. The third-order valence-corrected chi connectivity index (χ3v) is 15.8. The number of para-hydroxylation sites is 4. The molecule has 0 fully saturated rings. The third-order valence-electron chi connectivity index (χ3n) is 11.7. The van der Waals surface area contributed by atoms with Gasteiger partial charge in [-0.1, -0.05) is 36.4 Å². The van der Waals surface area contributed by atoms with Crippen LogP contribution in [0.1, 0.15) is 60.5 Å². The van der Waals surface area contributed by atoms with E-state index in [9.17, 15) is 16.8 Å². The van der Waals surface area contributed by atoms with Crippen LogP contribution in [0, 0.1) is 13.8 Å². The Kier molecular flexibility index (Phi) is 17.4. The van der Waals surface area contributed by atoms with E-state index in [1.807, 2.05) is 38.1 Å². The number of rotatable bonds is 20. The molecule has 74 heavy (non-hydrogen) atoms. The Hall–Kier alpha value is -7.80. The van der Waals surface area contributed by atoms with Gasteiger partial charge in [-0.3, -0.25) is 9.13 Å². The van der Waals surface area contributed by atoms with Crippen molar-refractivity contribution >= 4 is 19.7 Å². The summed E-state index contributed by atoms with van der Waals surface area (Å²) in [6.07, 6.45) is 4.76. The second-order valence-electron chi connectivity index (χ2n) is 16.6. The fraction of sp³-hybridized carbons (Fsp3) is 0.320. The van der Waals surface area contributed by atoms with Crippen molar-refractivity contribution in [3.8, 4) is 57.7 Å². The second-order valence-corrected chi connectivity index (χ2v) is 21.3. The van der Waals surface area contributed by atoms with Crippen LogP contribution in [0.4, 0.5) is 0 Å². The topological polar surface area (TPSA) is 262 Å². The van der Waals surface area contributed by atoms with E-state index in [0.29, 0.717) is 57.7 Å². The van der Waals surface area contributed by atoms with Gasteiger partial charge in [-0.2, -0.15) is 0 Å². The van der Waals surface area contributed by atoms with Gasteiger partial charge in [0.2, 0.25) is 11.8 Å². The quantitative estimate of drug-likeness (QED) is 0.0814. The molecule has 6 aromatic heterocycles. The standard InChI is InChI=1S/2C25H28N6O5S/c2*1-16-13-26-24(27-14-16)23(36-5)17(2)37(32,33)15-21-29-30-25(18-9-8-12-22(28-18)35-4)31(21)19-10-6-7-11-20(19)34-3/h2*6-14,17,23H,15H2,1-5H3/t2*17-,23-/m00/s1. The first-order valence-electron chi connectivity index (χ1n) is 22.8. The SMILES string of the molecule is COc1cccc(-c2nnc(CS(=O)(=O)[C@@H](C)[C@H](OC)c3ncc(C)cn3)n2-c2ccccc2OC)n1.COc1cccc(-c2nnc(CS(=O)(=O)[C@@H](C)[C@H](OC)c3ncc(C)cn3)n2-c2ccccc2OC)n1. The Bertz CT molecular complexity index is 3170. The van der Waals surface area contributed by atoms with E-state index < -0.39 is 53.9 Å². The van der Waals surface area contributed by atoms with Gasteiger partial charge in [0.15, 0.2) is 54.6 Å². The van der Waals surface area contributed by atoms with Crippen LogP contribution in [0.5, 0.6) is 23.3 Å². The first-order valence-corrected chi connectivity index (χ1v) is 26.2. The molecule has 8 aromatic rings. The summed E-state index contributed by atoms with van der Waals surface area (Å²) in [5, 5.41) is 15.2. The molecule has 24 heteroatoms. The highest BCUT2D eigenvalue weighted by molar-refractivity contribution is 7.91. The lowest BCUT2D eigenvalue weighted by atomic mass is 10.2. The minimum atomic E-state index is -3.83. The molecule has 0 N–H and O–H groups in total. The van der Waals surface area contributed by atoms with E-state index in [0.717, 1.165) is 11.1 Å². The lowest BCUT2D eigenvalue weighted by Gasteiger charge is -2.22. The Morgan fingerprint density at radius 1 is 0.473 bits per heavy atom. The van der Waals surface area contributed by atoms with E-state index in [1.54, 1.807) is 108 Å². The number of hydrogen-bond acceptors (Lipinski definition) is 20. The summed E-state index contributed by atoms with van der Waals surface area (Å²) in [4.78, 5) is 26.0. The summed E-state index contributed by atoms with van der Waals surface area (Å²) in [6, 6.07) is 24.8. The average molecular weight is 1050 g/mol. The maximum absolute atomic E-state index is 13.6. The molecule has 0 amide bonds. The zero-order chi connectivity index (χ0) is 53.2. The lowest BCUT2D eigenvalue weighted by molar-refractivity contribution is 0.0947. The number of aromatic nitrogens is 12. The van der Waals surface area contributed by atoms with Crippen molar-refractivity contribution in [1.29, 1.82) is 0 Å². The highest BCUT2D eigenvalue weighted by Crippen LogP contribution is 2.34. The van der Waals surface area contributed by atoms with Crippen LogP contribution in [0.25, 0.3) is 34.4 Å². The normalized spacial score (nSPS) is 13.2. The highest BCUT2D eigenvalue weighted by atomic mass is 32.2. The maximum atomic E-state index is 13.6. The van der Waals surface area contributed by atoms with Crippen molar-refractivity contribution in [2.24, 2.45) is 0 Å². The number of methoxy groups -OCH3 is 6.